The summed E-state index contributed by atoms with van der Waals surface area (Å²) >= 11 is 0. The Bertz CT molecular complexity index is 429. The third-order valence-corrected chi connectivity index (χ3v) is 1.84. The van der Waals surface area contributed by atoms with Crippen molar-refractivity contribution in [2.24, 2.45) is 0 Å². The number of anilines is 1. The number of alkyl halides is 3. The van der Waals surface area contributed by atoms with Gasteiger partial charge in [-0.2, -0.15) is 13.2 Å². The first kappa shape index (κ1) is 12.4. The van der Waals surface area contributed by atoms with Gasteiger partial charge in [-0.05, 0) is 18.2 Å². The van der Waals surface area contributed by atoms with Gasteiger partial charge < -0.3 is 10.8 Å². The summed E-state index contributed by atoms with van der Waals surface area (Å²) in [6.07, 6.45) is -4.20. The maximum atomic E-state index is 12.4. The monoisotopic (exact) mass is 229 g/mol. The molecule has 0 saturated heterocycles. The van der Waals surface area contributed by atoms with Crippen LogP contribution in [0.4, 0.5) is 18.9 Å². The predicted molar refractivity (Wildman–Crippen MR) is 54.4 cm³/mol. The van der Waals surface area contributed by atoms with Crippen molar-refractivity contribution in [1.82, 2.24) is 0 Å². The van der Waals surface area contributed by atoms with Crippen LogP contribution < -0.4 is 5.73 Å². The molecular weight excluding hydrogens is 219 g/mol. The molecule has 0 aromatic heterocycles. The van der Waals surface area contributed by atoms with Crippen molar-refractivity contribution >= 4 is 5.69 Å². The zero-order valence-electron chi connectivity index (χ0n) is 8.30. The fourth-order valence-electron chi connectivity index (χ4n) is 1.05. The first-order chi connectivity index (χ1) is 7.45. The van der Waals surface area contributed by atoms with Gasteiger partial charge in [-0.3, -0.25) is 0 Å². The molecule has 16 heavy (non-hydrogen) atoms. The van der Waals surface area contributed by atoms with Gasteiger partial charge in [0.2, 0.25) is 0 Å². The molecule has 0 heterocycles. The molecule has 0 aliphatic heterocycles. The first-order valence-electron chi connectivity index (χ1n) is 4.51. The maximum absolute atomic E-state index is 12.4. The Morgan fingerprint density at radius 2 is 2.00 bits per heavy atom. The molecule has 0 aliphatic carbocycles. The molecule has 0 atom stereocenters. The predicted octanol–water partition coefficient (Wildman–Crippen LogP) is 2.02. The fourth-order valence-corrected chi connectivity index (χ4v) is 1.05. The first-order valence-corrected chi connectivity index (χ1v) is 4.51. The van der Waals surface area contributed by atoms with Gasteiger partial charge in [0.05, 0.1) is 12.2 Å². The quantitative estimate of drug-likeness (QED) is 0.571. The van der Waals surface area contributed by atoms with Crippen LogP contribution in [0.3, 0.4) is 0 Å². The summed E-state index contributed by atoms with van der Waals surface area (Å²) in [5, 5.41) is 8.48. The lowest BCUT2D eigenvalue weighted by molar-refractivity contribution is -0.137. The molecule has 0 aliphatic rings. The lowest BCUT2D eigenvalue weighted by atomic mass is 10.1. The zero-order valence-corrected chi connectivity index (χ0v) is 8.30. The van der Waals surface area contributed by atoms with E-state index < -0.39 is 11.7 Å². The fraction of sp³-hybridized carbons (Fsp3) is 0.273. The second-order valence-corrected chi connectivity index (χ2v) is 3.08. The van der Waals surface area contributed by atoms with Gasteiger partial charge in [-0.1, -0.05) is 11.8 Å². The van der Waals surface area contributed by atoms with Crippen molar-refractivity contribution in [1.29, 1.82) is 0 Å². The standard InChI is InChI=1S/C11H10F3NO/c12-11(13,14)9-4-5-10(15)8(7-9)3-1-2-6-16/h4-5,7,16H,2,6,15H2. The number of nitrogen functional groups attached to an aromatic ring is 1. The second-order valence-electron chi connectivity index (χ2n) is 3.08. The molecule has 0 fully saturated rings. The van der Waals surface area contributed by atoms with Gasteiger partial charge in [0, 0.05) is 17.7 Å². The number of aliphatic hydroxyl groups excluding tert-OH is 1. The van der Waals surface area contributed by atoms with Crippen LogP contribution in [0, 0.1) is 11.8 Å². The SMILES string of the molecule is Nc1ccc(C(F)(F)F)cc1C#CCCO. The Labute approximate surface area is 90.9 Å². The molecule has 0 saturated carbocycles. The molecule has 1 aromatic rings. The third-order valence-electron chi connectivity index (χ3n) is 1.84. The topological polar surface area (TPSA) is 46.2 Å². The van der Waals surface area contributed by atoms with Gasteiger partial charge in [0.25, 0.3) is 0 Å². The average molecular weight is 229 g/mol. The maximum Gasteiger partial charge on any atom is 0.416 e. The number of benzene rings is 1. The average Bonchev–Trinajstić information content (AvgIpc) is 2.19. The summed E-state index contributed by atoms with van der Waals surface area (Å²) in [7, 11) is 0. The number of hydrogen-bond donors (Lipinski definition) is 2. The highest BCUT2D eigenvalue weighted by atomic mass is 19.4. The summed E-state index contributed by atoms with van der Waals surface area (Å²) in [5.41, 5.74) is 5.02. The van der Waals surface area contributed by atoms with Crippen molar-refractivity contribution in [3.05, 3.63) is 29.3 Å². The van der Waals surface area contributed by atoms with Crippen molar-refractivity contribution < 1.29 is 18.3 Å². The third kappa shape index (κ3) is 3.17. The Kier molecular flexibility index (Phi) is 3.80. The number of hydrogen-bond acceptors (Lipinski definition) is 2. The molecule has 1 rings (SSSR count). The van der Waals surface area contributed by atoms with Gasteiger partial charge in [0.15, 0.2) is 0 Å². The van der Waals surface area contributed by atoms with E-state index in [9.17, 15) is 13.2 Å². The van der Waals surface area contributed by atoms with E-state index in [0.717, 1.165) is 12.1 Å². The molecule has 1 aromatic carbocycles. The minimum absolute atomic E-state index is 0.128. The molecule has 0 amide bonds. The van der Waals surface area contributed by atoms with Crippen LogP contribution in [0.5, 0.6) is 0 Å². The minimum Gasteiger partial charge on any atom is -0.398 e. The van der Waals surface area contributed by atoms with E-state index in [4.69, 9.17) is 10.8 Å². The number of aliphatic hydroxyl groups is 1. The summed E-state index contributed by atoms with van der Waals surface area (Å²) in [5.74, 6) is 5.01. The number of rotatable bonds is 1. The van der Waals surface area contributed by atoms with Crippen molar-refractivity contribution in [3.8, 4) is 11.8 Å². The molecule has 0 bridgehead atoms. The highest BCUT2D eigenvalue weighted by Gasteiger charge is 2.30. The van der Waals surface area contributed by atoms with Crippen molar-refractivity contribution in [2.75, 3.05) is 12.3 Å². The lowest BCUT2D eigenvalue weighted by Gasteiger charge is -2.07. The van der Waals surface area contributed by atoms with E-state index in [2.05, 4.69) is 11.8 Å². The number of halogens is 3. The van der Waals surface area contributed by atoms with Gasteiger partial charge in [-0.15, -0.1) is 0 Å². The van der Waals surface area contributed by atoms with E-state index in [0.29, 0.717) is 0 Å². The molecule has 5 heteroatoms. The lowest BCUT2D eigenvalue weighted by Crippen LogP contribution is -2.05. The van der Waals surface area contributed by atoms with Crippen LogP contribution in [0.25, 0.3) is 0 Å². The van der Waals surface area contributed by atoms with Crippen LogP contribution in [0.15, 0.2) is 18.2 Å². The highest BCUT2D eigenvalue weighted by Crippen LogP contribution is 2.30. The van der Waals surface area contributed by atoms with E-state index in [1.165, 1.54) is 6.07 Å². The van der Waals surface area contributed by atoms with E-state index in [1.807, 2.05) is 0 Å². The molecule has 0 radical (unpaired) electrons. The van der Waals surface area contributed by atoms with Gasteiger partial charge >= 0.3 is 6.18 Å². The van der Waals surface area contributed by atoms with Crippen LogP contribution >= 0.6 is 0 Å². The molecular formula is C11H10F3NO. The van der Waals surface area contributed by atoms with E-state index >= 15 is 0 Å². The van der Waals surface area contributed by atoms with Crippen LogP contribution in [0.1, 0.15) is 17.5 Å². The van der Waals surface area contributed by atoms with Crippen LogP contribution in [-0.4, -0.2) is 11.7 Å². The molecule has 86 valence electrons. The van der Waals surface area contributed by atoms with Crippen molar-refractivity contribution in [2.45, 2.75) is 12.6 Å². The van der Waals surface area contributed by atoms with Crippen LogP contribution in [0.2, 0.25) is 0 Å². The summed E-state index contributed by atoms with van der Waals surface area (Å²) in [6, 6.07) is 2.98. The highest BCUT2D eigenvalue weighted by molar-refractivity contribution is 5.57. The summed E-state index contributed by atoms with van der Waals surface area (Å²) in [4.78, 5) is 0. The minimum atomic E-state index is -4.40. The normalized spacial score (nSPS) is 10.8. The summed E-state index contributed by atoms with van der Waals surface area (Å²) in [6.45, 7) is -0.133. The summed E-state index contributed by atoms with van der Waals surface area (Å²) < 4.78 is 37.1. The smallest absolute Gasteiger partial charge is 0.398 e. The zero-order chi connectivity index (χ0) is 12.2. The Morgan fingerprint density at radius 3 is 2.56 bits per heavy atom. The largest absolute Gasteiger partial charge is 0.416 e. The second kappa shape index (κ2) is 4.90. The van der Waals surface area contributed by atoms with E-state index in [-0.39, 0.29) is 24.3 Å². The van der Waals surface area contributed by atoms with Gasteiger partial charge in [0.1, 0.15) is 0 Å². The molecule has 0 spiro atoms. The molecule has 3 N–H and O–H groups in total. The Hall–Kier alpha value is -1.67. The van der Waals surface area contributed by atoms with Gasteiger partial charge in [-0.25, -0.2) is 0 Å². The molecule has 0 unspecified atom stereocenters. The van der Waals surface area contributed by atoms with Crippen molar-refractivity contribution in [3.63, 3.8) is 0 Å². The van der Waals surface area contributed by atoms with Crippen LogP contribution in [-0.2, 0) is 6.18 Å². The Morgan fingerprint density at radius 1 is 1.31 bits per heavy atom. The van der Waals surface area contributed by atoms with E-state index in [1.54, 1.807) is 0 Å². The number of nitrogens with two attached hydrogens (primary N) is 1. The Balaban J connectivity index is 3.06. The molecule has 2 nitrogen and oxygen atoms in total.